The van der Waals surface area contributed by atoms with Gasteiger partial charge < -0.3 is 20.1 Å². The van der Waals surface area contributed by atoms with Crippen molar-refractivity contribution in [1.82, 2.24) is 20.8 Å². The molecule has 2 aliphatic rings. The summed E-state index contributed by atoms with van der Waals surface area (Å²) >= 11 is 0. The zero-order chi connectivity index (χ0) is 17.8. The highest BCUT2D eigenvalue weighted by molar-refractivity contribution is 5.92. The lowest BCUT2D eigenvalue weighted by Crippen LogP contribution is -2.36. The maximum atomic E-state index is 12.2. The second kappa shape index (κ2) is 7.80. The summed E-state index contributed by atoms with van der Waals surface area (Å²) in [5.74, 6) is 0.638. The molecule has 2 aliphatic heterocycles. The molecule has 0 radical (unpaired) electrons. The molecular formula is C19H22N4O3. The molecule has 3 heterocycles. The number of hydrogen-bond donors (Lipinski definition) is 2. The zero-order valence-corrected chi connectivity index (χ0v) is 14.5. The summed E-state index contributed by atoms with van der Waals surface area (Å²) in [5.41, 5.74) is 1.99. The van der Waals surface area contributed by atoms with Crippen LogP contribution in [0.1, 0.15) is 23.3 Å². The molecule has 2 N–H and O–H groups in total. The molecule has 1 amide bonds. The number of hydrogen-bond acceptors (Lipinski definition) is 6. The van der Waals surface area contributed by atoms with Gasteiger partial charge in [-0.05, 0) is 49.4 Å². The summed E-state index contributed by atoms with van der Waals surface area (Å²) in [4.78, 5) is 12.2. The summed E-state index contributed by atoms with van der Waals surface area (Å²) in [6, 6.07) is 11.4. The number of aromatic nitrogens is 2. The normalized spacial score (nSPS) is 22.3. The van der Waals surface area contributed by atoms with E-state index in [0.29, 0.717) is 12.3 Å². The van der Waals surface area contributed by atoms with Crippen LogP contribution in [0.3, 0.4) is 0 Å². The van der Waals surface area contributed by atoms with Gasteiger partial charge in [0, 0.05) is 24.6 Å². The van der Waals surface area contributed by atoms with Crippen LogP contribution in [0.4, 0.5) is 0 Å². The molecule has 2 atom stereocenters. The largest absolute Gasteiger partial charge is 0.488 e. The molecule has 2 aromatic rings. The van der Waals surface area contributed by atoms with E-state index in [1.165, 1.54) is 0 Å². The topological polar surface area (TPSA) is 85.4 Å². The molecule has 0 spiro atoms. The van der Waals surface area contributed by atoms with Crippen LogP contribution in [0.5, 0.6) is 5.75 Å². The number of rotatable bonds is 5. The van der Waals surface area contributed by atoms with Gasteiger partial charge in [0.15, 0.2) is 5.69 Å². The highest BCUT2D eigenvalue weighted by atomic mass is 16.5. The second-order valence-corrected chi connectivity index (χ2v) is 6.59. The van der Waals surface area contributed by atoms with E-state index >= 15 is 0 Å². The fourth-order valence-corrected chi connectivity index (χ4v) is 3.15. The van der Waals surface area contributed by atoms with E-state index in [-0.39, 0.29) is 18.1 Å². The molecule has 0 saturated carbocycles. The number of benzene rings is 1. The van der Waals surface area contributed by atoms with E-state index in [1.54, 1.807) is 6.07 Å². The average molecular weight is 354 g/mol. The van der Waals surface area contributed by atoms with Crippen molar-refractivity contribution >= 4 is 5.91 Å². The van der Waals surface area contributed by atoms with E-state index in [1.807, 2.05) is 30.3 Å². The van der Waals surface area contributed by atoms with Gasteiger partial charge in [-0.2, -0.15) is 0 Å². The Labute approximate surface area is 152 Å². The molecule has 4 rings (SSSR count). The van der Waals surface area contributed by atoms with Crippen LogP contribution in [0, 0.1) is 0 Å². The maximum Gasteiger partial charge on any atom is 0.272 e. The van der Waals surface area contributed by atoms with Gasteiger partial charge >= 0.3 is 0 Å². The molecule has 2 fully saturated rings. The monoisotopic (exact) mass is 354 g/mol. The molecule has 26 heavy (non-hydrogen) atoms. The van der Waals surface area contributed by atoms with Crippen molar-refractivity contribution in [3.8, 4) is 17.0 Å². The Balaban J connectivity index is 1.38. The number of carbonyl (C=O) groups is 1. The number of ether oxygens (including phenoxy) is 2. The van der Waals surface area contributed by atoms with Crippen LogP contribution in [0.25, 0.3) is 11.3 Å². The van der Waals surface area contributed by atoms with E-state index < -0.39 is 0 Å². The predicted molar refractivity (Wildman–Crippen MR) is 96.1 cm³/mol. The molecule has 1 aromatic heterocycles. The van der Waals surface area contributed by atoms with Crippen LogP contribution < -0.4 is 15.4 Å². The standard InChI is InChI=1S/C19H22N4O3/c24-19(21-14-7-9-20-11-14)18-6-5-17(22-23-18)13-1-3-15(4-2-13)26-16-8-10-25-12-16/h1-6,14,16,20H,7-12H2,(H,21,24). The van der Waals surface area contributed by atoms with Crippen LogP contribution in [-0.2, 0) is 4.74 Å². The van der Waals surface area contributed by atoms with Crippen LogP contribution in [-0.4, -0.2) is 54.6 Å². The molecule has 7 heteroatoms. The number of nitrogens with zero attached hydrogens (tertiary/aromatic N) is 2. The van der Waals surface area contributed by atoms with Gasteiger partial charge in [-0.25, -0.2) is 0 Å². The van der Waals surface area contributed by atoms with E-state index in [2.05, 4.69) is 20.8 Å². The van der Waals surface area contributed by atoms with E-state index in [0.717, 1.165) is 49.5 Å². The van der Waals surface area contributed by atoms with Crippen LogP contribution in [0.15, 0.2) is 36.4 Å². The minimum absolute atomic E-state index is 0.133. The Kier molecular flexibility index (Phi) is 5.08. The summed E-state index contributed by atoms with van der Waals surface area (Å²) < 4.78 is 11.2. The third kappa shape index (κ3) is 4.00. The lowest BCUT2D eigenvalue weighted by Gasteiger charge is -2.12. The smallest absolute Gasteiger partial charge is 0.272 e. The van der Waals surface area contributed by atoms with Gasteiger partial charge in [-0.3, -0.25) is 4.79 Å². The summed E-state index contributed by atoms with van der Waals surface area (Å²) in [6.45, 7) is 3.14. The molecule has 2 saturated heterocycles. The van der Waals surface area contributed by atoms with Crippen molar-refractivity contribution in [2.45, 2.75) is 25.0 Å². The molecule has 0 bridgehead atoms. The Hall–Kier alpha value is -2.51. The fraction of sp³-hybridized carbons (Fsp3) is 0.421. The van der Waals surface area contributed by atoms with Crippen molar-refractivity contribution in [2.75, 3.05) is 26.3 Å². The van der Waals surface area contributed by atoms with Crippen LogP contribution >= 0.6 is 0 Å². The third-order valence-electron chi connectivity index (χ3n) is 4.63. The van der Waals surface area contributed by atoms with Crippen molar-refractivity contribution < 1.29 is 14.3 Å². The first-order chi connectivity index (χ1) is 12.8. The van der Waals surface area contributed by atoms with Crippen molar-refractivity contribution in [2.24, 2.45) is 0 Å². The lowest BCUT2D eigenvalue weighted by atomic mass is 10.1. The van der Waals surface area contributed by atoms with Gasteiger partial charge in [0.05, 0.1) is 18.9 Å². The van der Waals surface area contributed by atoms with Gasteiger partial charge in [0.2, 0.25) is 0 Å². The van der Waals surface area contributed by atoms with Gasteiger partial charge in [0.1, 0.15) is 11.9 Å². The van der Waals surface area contributed by atoms with Crippen LogP contribution in [0.2, 0.25) is 0 Å². The SMILES string of the molecule is O=C(NC1CCNC1)c1ccc(-c2ccc(OC3CCOC3)cc2)nn1. The number of nitrogens with one attached hydrogen (secondary N) is 2. The first kappa shape index (κ1) is 16.9. The van der Waals surface area contributed by atoms with E-state index in [9.17, 15) is 4.79 Å². The first-order valence-electron chi connectivity index (χ1n) is 8.98. The van der Waals surface area contributed by atoms with Gasteiger partial charge in [-0.15, -0.1) is 10.2 Å². The minimum atomic E-state index is -0.180. The fourth-order valence-electron chi connectivity index (χ4n) is 3.15. The molecule has 2 unspecified atom stereocenters. The molecular weight excluding hydrogens is 332 g/mol. The first-order valence-corrected chi connectivity index (χ1v) is 8.98. The zero-order valence-electron chi connectivity index (χ0n) is 14.5. The quantitative estimate of drug-likeness (QED) is 0.844. The Morgan fingerprint density at radius 2 is 2.04 bits per heavy atom. The third-order valence-corrected chi connectivity index (χ3v) is 4.63. The molecule has 0 aliphatic carbocycles. The Morgan fingerprint density at radius 3 is 2.69 bits per heavy atom. The molecule has 136 valence electrons. The van der Waals surface area contributed by atoms with Gasteiger partial charge in [0.25, 0.3) is 5.91 Å². The lowest BCUT2D eigenvalue weighted by molar-refractivity contribution is 0.0934. The number of amides is 1. The summed E-state index contributed by atoms with van der Waals surface area (Å²) in [5, 5.41) is 14.4. The summed E-state index contributed by atoms with van der Waals surface area (Å²) in [6.07, 6.45) is 2.00. The van der Waals surface area contributed by atoms with Crippen molar-refractivity contribution in [3.63, 3.8) is 0 Å². The van der Waals surface area contributed by atoms with Gasteiger partial charge in [-0.1, -0.05) is 0 Å². The highest BCUT2D eigenvalue weighted by Crippen LogP contribution is 2.22. The second-order valence-electron chi connectivity index (χ2n) is 6.59. The maximum absolute atomic E-state index is 12.2. The van der Waals surface area contributed by atoms with Crippen molar-refractivity contribution in [3.05, 3.63) is 42.1 Å². The number of carbonyl (C=O) groups excluding carboxylic acids is 1. The summed E-state index contributed by atoms with van der Waals surface area (Å²) in [7, 11) is 0. The van der Waals surface area contributed by atoms with E-state index in [4.69, 9.17) is 9.47 Å². The minimum Gasteiger partial charge on any atom is -0.488 e. The average Bonchev–Trinajstić information content (AvgIpc) is 3.37. The Bertz CT molecular complexity index is 736. The Morgan fingerprint density at radius 1 is 1.15 bits per heavy atom. The molecule has 7 nitrogen and oxygen atoms in total. The highest BCUT2D eigenvalue weighted by Gasteiger charge is 2.19. The predicted octanol–water partition coefficient (Wildman–Crippen LogP) is 1.40. The van der Waals surface area contributed by atoms with Crippen molar-refractivity contribution in [1.29, 1.82) is 0 Å². The molecule has 1 aromatic carbocycles.